The third-order valence-corrected chi connectivity index (χ3v) is 6.80. The van der Waals surface area contributed by atoms with Gasteiger partial charge in [-0.2, -0.15) is 9.78 Å². The summed E-state index contributed by atoms with van der Waals surface area (Å²) in [7, 11) is 1.67. The van der Waals surface area contributed by atoms with Crippen molar-refractivity contribution in [2.45, 2.75) is 64.5 Å². The predicted octanol–water partition coefficient (Wildman–Crippen LogP) is 4.11. The lowest BCUT2D eigenvalue weighted by molar-refractivity contribution is 0.0684. The molecule has 8 heteroatoms. The molecule has 1 amide bonds. The van der Waals surface area contributed by atoms with Gasteiger partial charge >= 0.3 is 5.69 Å². The van der Waals surface area contributed by atoms with Crippen LogP contribution < -0.4 is 11.2 Å². The van der Waals surface area contributed by atoms with E-state index in [4.69, 9.17) is 0 Å². The standard InChI is InChI=1S/C27H31FN4O3/c1-18(2)19-13-15-22(16-14-19)32-27(35)31(17-20-9-7-8-12-23(20)28)26(34)24(29-32)25(33)30(3)21-10-5-4-6-11-21/h7-9,12-16,18,21H,4-6,10-11,17H2,1-3H3. The molecule has 0 N–H and O–H groups in total. The van der Waals surface area contributed by atoms with Crippen molar-refractivity contribution >= 4 is 5.91 Å². The summed E-state index contributed by atoms with van der Waals surface area (Å²) in [4.78, 5) is 41.8. The molecule has 0 spiro atoms. The molecular weight excluding hydrogens is 447 g/mol. The molecule has 3 aromatic rings. The average Bonchev–Trinajstić information content (AvgIpc) is 2.87. The summed E-state index contributed by atoms with van der Waals surface area (Å²) in [5.41, 5.74) is -0.208. The Morgan fingerprint density at radius 3 is 2.34 bits per heavy atom. The lowest BCUT2D eigenvalue weighted by Gasteiger charge is -2.30. The maximum Gasteiger partial charge on any atom is 0.352 e. The first-order valence-corrected chi connectivity index (χ1v) is 12.1. The molecule has 0 saturated heterocycles. The molecule has 1 heterocycles. The summed E-state index contributed by atoms with van der Waals surface area (Å²) in [5.74, 6) is -0.766. The van der Waals surface area contributed by atoms with Crippen molar-refractivity contribution in [3.63, 3.8) is 0 Å². The number of hydrogen-bond acceptors (Lipinski definition) is 4. The molecule has 4 rings (SSSR count). The highest BCUT2D eigenvalue weighted by Gasteiger charge is 2.28. The zero-order chi connectivity index (χ0) is 25.1. The highest BCUT2D eigenvalue weighted by molar-refractivity contribution is 5.91. The van der Waals surface area contributed by atoms with Crippen molar-refractivity contribution in [2.75, 3.05) is 7.05 Å². The fourth-order valence-corrected chi connectivity index (χ4v) is 4.56. The van der Waals surface area contributed by atoms with Crippen LogP contribution in [0.1, 0.15) is 73.5 Å². The van der Waals surface area contributed by atoms with E-state index in [9.17, 15) is 18.8 Å². The first-order chi connectivity index (χ1) is 16.8. The summed E-state index contributed by atoms with van der Waals surface area (Å²) in [6.07, 6.45) is 4.90. The zero-order valence-electron chi connectivity index (χ0n) is 20.4. The highest BCUT2D eigenvalue weighted by atomic mass is 19.1. The lowest BCUT2D eigenvalue weighted by Crippen LogP contribution is -2.48. The van der Waals surface area contributed by atoms with Crippen LogP contribution in [0.15, 0.2) is 58.1 Å². The maximum atomic E-state index is 14.4. The number of aromatic nitrogens is 3. The normalized spacial score (nSPS) is 14.3. The van der Waals surface area contributed by atoms with E-state index < -0.39 is 23.0 Å². The van der Waals surface area contributed by atoms with E-state index in [2.05, 4.69) is 18.9 Å². The molecule has 1 aromatic heterocycles. The Hall–Kier alpha value is -3.55. The number of hydrogen-bond donors (Lipinski definition) is 0. The molecule has 0 unspecified atom stereocenters. The summed E-state index contributed by atoms with van der Waals surface area (Å²) >= 11 is 0. The maximum absolute atomic E-state index is 14.4. The van der Waals surface area contributed by atoms with Gasteiger partial charge in [-0.1, -0.05) is 63.4 Å². The fourth-order valence-electron chi connectivity index (χ4n) is 4.56. The monoisotopic (exact) mass is 478 g/mol. The van der Waals surface area contributed by atoms with Crippen molar-refractivity contribution in [3.05, 3.63) is 92.0 Å². The van der Waals surface area contributed by atoms with Crippen molar-refractivity contribution in [1.29, 1.82) is 0 Å². The first kappa shape index (κ1) is 24.6. The summed E-state index contributed by atoms with van der Waals surface area (Å²) in [6.45, 7) is 3.82. The van der Waals surface area contributed by atoms with Crippen LogP contribution in [0, 0.1) is 5.82 Å². The Kier molecular flexibility index (Phi) is 7.28. The highest BCUT2D eigenvalue weighted by Crippen LogP contribution is 2.22. The van der Waals surface area contributed by atoms with Crippen LogP contribution in [-0.2, 0) is 6.54 Å². The number of carbonyl (C=O) groups excluding carboxylic acids is 1. The van der Waals surface area contributed by atoms with Crippen LogP contribution in [0.5, 0.6) is 0 Å². The van der Waals surface area contributed by atoms with Crippen LogP contribution in [0.25, 0.3) is 5.69 Å². The van der Waals surface area contributed by atoms with Gasteiger partial charge in [0.2, 0.25) is 5.69 Å². The van der Waals surface area contributed by atoms with Crippen molar-refractivity contribution in [2.24, 2.45) is 0 Å². The van der Waals surface area contributed by atoms with Crippen molar-refractivity contribution in [1.82, 2.24) is 19.2 Å². The third kappa shape index (κ3) is 5.11. The van der Waals surface area contributed by atoms with Crippen LogP contribution in [0.2, 0.25) is 0 Å². The second-order valence-electron chi connectivity index (χ2n) is 9.48. The van der Waals surface area contributed by atoms with E-state index in [1.165, 1.54) is 18.2 Å². The number of rotatable bonds is 6. The Labute approximate surface area is 203 Å². The minimum atomic E-state index is -0.819. The van der Waals surface area contributed by atoms with Crippen LogP contribution >= 0.6 is 0 Å². The molecule has 1 fully saturated rings. The van der Waals surface area contributed by atoms with E-state index in [1.54, 1.807) is 30.1 Å². The second kappa shape index (κ2) is 10.4. The molecule has 0 aliphatic heterocycles. The van der Waals surface area contributed by atoms with Crippen molar-refractivity contribution in [3.8, 4) is 5.69 Å². The predicted molar refractivity (Wildman–Crippen MR) is 133 cm³/mol. The van der Waals surface area contributed by atoms with Gasteiger partial charge in [0.25, 0.3) is 11.5 Å². The fraction of sp³-hybridized carbons (Fsp3) is 0.407. The minimum absolute atomic E-state index is 0.0168. The first-order valence-electron chi connectivity index (χ1n) is 12.1. The number of carbonyl (C=O) groups is 1. The van der Waals surface area contributed by atoms with Gasteiger partial charge in [-0.15, -0.1) is 0 Å². The molecule has 184 valence electrons. The Morgan fingerprint density at radius 2 is 1.71 bits per heavy atom. The second-order valence-corrected chi connectivity index (χ2v) is 9.48. The number of amides is 1. The Bertz CT molecular complexity index is 1320. The molecule has 1 saturated carbocycles. The van der Waals surface area contributed by atoms with Gasteiger partial charge in [-0.05, 0) is 42.5 Å². The molecule has 1 aliphatic carbocycles. The average molecular weight is 479 g/mol. The SMILES string of the molecule is CC(C)c1ccc(-n2nc(C(=O)N(C)C3CCCCC3)c(=O)n(Cc3ccccc3F)c2=O)cc1. The van der Waals surface area contributed by atoms with Crippen LogP contribution in [0.4, 0.5) is 4.39 Å². The van der Waals surface area contributed by atoms with Crippen LogP contribution in [-0.4, -0.2) is 38.2 Å². The Balaban J connectivity index is 1.84. The molecule has 1 aliphatic rings. The summed E-state index contributed by atoms with van der Waals surface area (Å²) < 4.78 is 16.4. The largest absolute Gasteiger partial charge is 0.352 e. The van der Waals surface area contributed by atoms with Gasteiger partial charge < -0.3 is 4.90 Å². The van der Waals surface area contributed by atoms with Gasteiger partial charge in [0.1, 0.15) is 5.82 Å². The molecule has 7 nitrogen and oxygen atoms in total. The molecule has 0 bridgehead atoms. The van der Waals surface area contributed by atoms with Gasteiger partial charge in [0, 0.05) is 18.7 Å². The molecule has 0 atom stereocenters. The minimum Gasteiger partial charge on any atom is -0.337 e. The zero-order valence-corrected chi connectivity index (χ0v) is 20.4. The van der Waals surface area contributed by atoms with Crippen LogP contribution in [0.3, 0.4) is 0 Å². The third-order valence-electron chi connectivity index (χ3n) is 6.80. The van der Waals surface area contributed by atoms with Gasteiger partial charge in [-0.25, -0.2) is 9.18 Å². The number of benzene rings is 2. The topological polar surface area (TPSA) is 77.2 Å². The van der Waals surface area contributed by atoms with E-state index in [0.717, 1.165) is 46.9 Å². The van der Waals surface area contributed by atoms with E-state index >= 15 is 0 Å². The van der Waals surface area contributed by atoms with E-state index in [-0.39, 0.29) is 23.8 Å². The lowest BCUT2D eigenvalue weighted by atomic mass is 9.94. The smallest absolute Gasteiger partial charge is 0.337 e. The van der Waals surface area contributed by atoms with E-state index in [1.807, 2.05) is 12.1 Å². The van der Waals surface area contributed by atoms with Gasteiger partial charge in [0.05, 0.1) is 12.2 Å². The number of halogens is 1. The quantitative estimate of drug-likeness (QED) is 0.534. The van der Waals surface area contributed by atoms with E-state index in [0.29, 0.717) is 11.6 Å². The summed E-state index contributed by atoms with van der Waals surface area (Å²) in [6, 6.07) is 13.2. The molecule has 35 heavy (non-hydrogen) atoms. The Morgan fingerprint density at radius 1 is 1.06 bits per heavy atom. The van der Waals surface area contributed by atoms with Crippen molar-refractivity contribution < 1.29 is 9.18 Å². The summed E-state index contributed by atoms with van der Waals surface area (Å²) in [5, 5.41) is 4.24. The number of nitrogens with zero attached hydrogens (tertiary/aromatic N) is 4. The molecule has 2 aromatic carbocycles. The van der Waals surface area contributed by atoms with Gasteiger partial charge in [0.15, 0.2) is 0 Å². The molecule has 0 radical (unpaired) electrons. The van der Waals surface area contributed by atoms with Gasteiger partial charge in [-0.3, -0.25) is 14.2 Å². The molecular formula is C27H31FN4O3.